The van der Waals surface area contributed by atoms with Crippen LogP contribution in [0.3, 0.4) is 0 Å². The van der Waals surface area contributed by atoms with Gasteiger partial charge in [0.25, 0.3) is 0 Å². The molecule has 0 atom stereocenters. The van der Waals surface area contributed by atoms with Crippen molar-refractivity contribution < 1.29 is 4.79 Å². The Morgan fingerprint density at radius 3 is 3.22 bits per heavy atom. The number of nitrogens with zero attached hydrogens (tertiary/aromatic N) is 3. The zero-order valence-corrected chi connectivity index (χ0v) is 10.4. The van der Waals surface area contributed by atoms with Gasteiger partial charge >= 0.3 is 0 Å². The molecule has 0 aliphatic rings. The first kappa shape index (κ1) is 11.1. The van der Waals surface area contributed by atoms with Crippen molar-refractivity contribution >= 4 is 23.3 Å². The van der Waals surface area contributed by atoms with Crippen LogP contribution in [-0.2, 0) is 11.2 Å². The molecule has 3 aromatic heterocycles. The predicted molar refractivity (Wildman–Crippen MR) is 70.7 cm³/mol. The van der Waals surface area contributed by atoms with E-state index in [2.05, 4.69) is 9.97 Å². The van der Waals surface area contributed by atoms with Crippen LogP contribution in [0.1, 0.15) is 12.1 Å². The standard InChI is InChI=1S/C13H11N3OS/c17-7-1-2-11-9-18-13(15-11)10-3-5-16-6-4-14-12(16)8-10/h3-9H,1-2H2. The fourth-order valence-corrected chi connectivity index (χ4v) is 2.66. The molecule has 0 fully saturated rings. The number of thiazole rings is 1. The molecule has 3 aromatic rings. The van der Waals surface area contributed by atoms with Crippen molar-refractivity contribution in [3.05, 3.63) is 41.8 Å². The third-order valence-electron chi connectivity index (χ3n) is 2.71. The molecular formula is C13H11N3OS. The summed E-state index contributed by atoms with van der Waals surface area (Å²) < 4.78 is 1.96. The van der Waals surface area contributed by atoms with Crippen molar-refractivity contribution in [2.75, 3.05) is 0 Å². The van der Waals surface area contributed by atoms with E-state index in [1.807, 2.05) is 34.3 Å². The molecule has 0 unspecified atom stereocenters. The molecule has 3 heterocycles. The third-order valence-corrected chi connectivity index (χ3v) is 3.66. The summed E-state index contributed by atoms with van der Waals surface area (Å²) in [5.41, 5.74) is 2.96. The molecule has 0 aliphatic carbocycles. The number of hydrogen-bond donors (Lipinski definition) is 0. The number of imidazole rings is 1. The van der Waals surface area contributed by atoms with Gasteiger partial charge in [0.05, 0.1) is 5.69 Å². The lowest BCUT2D eigenvalue weighted by Crippen LogP contribution is -1.87. The maximum absolute atomic E-state index is 10.3. The normalized spacial score (nSPS) is 10.9. The van der Waals surface area contributed by atoms with Gasteiger partial charge in [-0.25, -0.2) is 9.97 Å². The van der Waals surface area contributed by atoms with Crippen LogP contribution in [0, 0.1) is 0 Å². The molecule has 90 valence electrons. The number of pyridine rings is 1. The number of carbonyl (C=O) groups is 1. The van der Waals surface area contributed by atoms with Crippen LogP contribution in [0.4, 0.5) is 0 Å². The van der Waals surface area contributed by atoms with Crippen LogP contribution < -0.4 is 0 Å². The average Bonchev–Trinajstić information content (AvgIpc) is 3.04. The minimum atomic E-state index is 0.530. The van der Waals surface area contributed by atoms with Crippen LogP contribution in [0.25, 0.3) is 16.2 Å². The van der Waals surface area contributed by atoms with Gasteiger partial charge in [-0.1, -0.05) is 0 Å². The Morgan fingerprint density at radius 2 is 2.33 bits per heavy atom. The molecule has 0 aromatic carbocycles. The van der Waals surface area contributed by atoms with Crippen LogP contribution in [-0.4, -0.2) is 20.7 Å². The second kappa shape index (κ2) is 4.70. The van der Waals surface area contributed by atoms with E-state index in [1.165, 1.54) is 0 Å². The molecule has 0 amide bonds. The van der Waals surface area contributed by atoms with Crippen molar-refractivity contribution in [2.24, 2.45) is 0 Å². The van der Waals surface area contributed by atoms with Gasteiger partial charge in [-0.15, -0.1) is 11.3 Å². The van der Waals surface area contributed by atoms with Gasteiger partial charge in [-0.2, -0.15) is 0 Å². The summed E-state index contributed by atoms with van der Waals surface area (Å²) in [7, 11) is 0. The van der Waals surface area contributed by atoms with Crippen LogP contribution >= 0.6 is 11.3 Å². The number of rotatable bonds is 4. The van der Waals surface area contributed by atoms with Crippen LogP contribution in [0.15, 0.2) is 36.1 Å². The van der Waals surface area contributed by atoms with E-state index in [4.69, 9.17) is 0 Å². The summed E-state index contributed by atoms with van der Waals surface area (Å²) in [6, 6.07) is 4.04. The van der Waals surface area contributed by atoms with Gasteiger partial charge in [0.1, 0.15) is 16.9 Å². The van der Waals surface area contributed by atoms with E-state index < -0.39 is 0 Å². The average molecular weight is 257 g/mol. The fourth-order valence-electron chi connectivity index (χ4n) is 1.80. The summed E-state index contributed by atoms with van der Waals surface area (Å²) in [5, 5.41) is 2.98. The van der Waals surface area contributed by atoms with Crippen molar-refractivity contribution in [3.8, 4) is 10.6 Å². The summed E-state index contributed by atoms with van der Waals surface area (Å²) in [6.07, 6.45) is 7.83. The Bertz CT molecular complexity index is 686. The molecule has 3 rings (SSSR count). The molecule has 0 spiro atoms. The lowest BCUT2D eigenvalue weighted by atomic mass is 10.2. The zero-order valence-electron chi connectivity index (χ0n) is 9.61. The van der Waals surface area contributed by atoms with E-state index in [0.29, 0.717) is 12.8 Å². The number of fused-ring (bicyclic) bond motifs is 1. The lowest BCUT2D eigenvalue weighted by Gasteiger charge is -1.97. The van der Waals surface area contributed by atoms with Crippen LogP contribution in [0.5, 0.6) is 0 Å². The van der Waals surface area contributed by atoms with Gasteiger partial charge in [0.2, 0.25) is 0 Å². The first-order valence-electron chi connectivity index (χ1n) is 5.68. The topological polar surface area (TPSA) is 47.3 Å². The quantitative estimate of drug-likeness (QED) is 0.675. The number of aryl methyl sites for hydroxylation is 1. The van der Waals surface area contributed by atoms with Crippen molar-refractivity contribution in [1.29, 1.82) is 0 Å². The Labute approximate surface area is 108 Å². The van der Waals surface area contributed by atoms with E-state index in [1.54, 1.807) is 17.5 Å². The molecule has 0 saturated carbocycles. The van der Waals surface area contributed by atoms with Crippen molar-refractivity contribution in [1.82, 2.24) is 14.4 Å². The van der Waals surface area contributed by atoms with Gasteiger partial charge in [0, 0.05) is 36.0 Å². The molecule has 0 radical (unpaired) electrons. The van der Waals surface area contributed by atoms with Crippen molar-refractivity contribution in [3.63, 3.8) is 0 Å². The fraction of sp³-hybridized carbons (Fsp3) is 0.154. The number of carbonyl (C=O) groups excluding carboxylic acids is 1. The van der Waals surface area contributed by atoms with Gasteiger partial charge in [-0.05, 0) is 18.6 Å². The molecule has 4 nitrogen and oxygen atoms in total. The molecule has 18 heavy (non-hydrogen) atoms. The van der Waals surface area contributed by atoms with Gasteiger partial charge < -0.3 is 9.20 Å². The van der Waals surface area contributed by atoms with E-state index in [9.17, 15) is 4.79 Å². The number of aldehydes is 1. The van der Waals surface area contributed by atoms with E-state index in [-0.39, 0.29) is 0 Å². The molecule has 0 aliphatic heterocycles. The van der Waals surface area contributed by atoms with Gasteiger partial charge in [0.15, 0.2) is 0 Å². The molecule has 0 N–H and O–H groups in total. The molecule has 0 bridgehead atoms. The summed E-state index contributed by atoms with van der Waals surface area (Å²) >= 11 is 1.60. The third kappa shape index (κ3) is 2.04. The largest absolute Gasteiger partial charge is 0.307 e. The van der Waals surface area contributed by atoms with Crippen LogP contribution in [0.2, 0.25) is 0 Å². The summed E-state index contributed by atoms with van der Waals surface area (Å²) in [6.45, 7) is 0. The highest BCUT2D eigenvalue weighted by molar-refractivity contribution is 7.13. The summed E-state index contributed by atoms with van der Waals surface area (Å²) in [4.78, 5) is 19.1. The van der Waals surface area contributed by atoms with Crippen molar-refractivity contribution in [2.45, 2.75) is 12.8 Å². The molecular weight excluding hydrogens is 246 g/mol. The SMILES string of the molecule is O=CCCc1csc(-c2ccn3ccnc3c2)n1. The monoisotopic (exact) mass is 257 g/mol. The first-order chi connectivity index (χ1) is 8.86. The van der Waals surface area contributed by atoms with Gasteiger partial charge in [-0.3, -0.25) is 0 Å². The summed E-state index contributed by atoms with van der Waals surface area (Å²) in [5.74, 6) is 0. The Kier molecular flexibility index (Phi) is 2.90. The van der Waals surface area contributed by atoms with E-state index in [0.717, 1.165) is 28.2 Å². The predicted octanol–water partition coefficient (Wildman–Crippen LogP) is 2.59. The maximum Gasteiger partial charge on any atom is 0.137 e. The highest BCUT2D eigenvalue weighted by Crippen LogP contribution is 2.24. The second-order valence-electron chi connectivity index (χ2n) is 3.96. The lowest BCUT2D eigenvalue weighted by molar-refractivity contribution is -0.107. The Morgan fingerprint density at radius 1 is 1.39 bits per heavy atom. The molecule has 0 saturated heterocycles. The maximum atomic E-state index is 10.3. The number of aromatic nitrogens is 3. The number of hydrogen-bond acceptors (Lipinski definition) is 4. The minimum Gasteiger partial charge on any atom is -0.307 e. The highest BCUT2D eigenvalue weighted by Gasteiger charge is 2.06. The highest BCUT2D eigenvalue weighted by atomic mass is 32.1. The van der Waals surface area contributed by atoms with E-state index >= 15 is 0 Å². The smallest absolute Gasteiger partial charge is 0.137 e. The Balaban J connectivity index is 1.92. The second-order valence-corrected chi connectivity index (χ2v) is 4.82. The minimum absolute atomic E-state index is 0.530. The molecule has 5 heteroatoms. The Hall–Kier alpha value is -2.01. The zero-order chi connectivity index (χ0) is 12.4. The first-order valence-corrected chi connectivity index (χ1v) is 6.56.